The molecule has 0 heterocycles. The molecule has 9 nitrogen and oxygen atoms in total. The lowest BCUT2D eigenvalue weighted by Crippen LogP contribution is -2.21. The SMILES string of the molecule is CCCCCCCCCOC(=O)CCCCC(=O)OCc1cc(CO)cc(COC(=O)CCC(OCCCCCCCC)OCCCCCCCC)c1. The Kier molecular flexibility index (Phi) is 32.3. The van der Waals surface area contributed by atoms with Gasteiger partial charge in [-0.2, -0.15) is 0 Å². The van der Waals surface area contributed by atoms with Crippen LogP contribution in [0.3, 0.4) is 0 Å². The topological polar surface area (TPSA) is 118 Å². The highest BCUT2D eigenvalue weighted by Gasteiger charge is 2.15. The number of ether oxygens (including phenoxy) is 5. The lowest BCUT2D eigenvalue weighted by Gasteiger charge is -2.19. The number of hydrogen-bond acceptors (Lipinski definition) is 9. The minimum atomic E-state index is -0.429. The summed E-state index contributed by atoms with van der Waals surface area (Å²) >= 11 is 0. The lowest BCUT2D eigenvalue weighted by molar-refractivity contribution is -0.160. The standard InChI is InChI=1S/C44H76O9/c1-4-7-10-13-16-19-22-29-49-41(46)25-20-21-26-42(47)52-36-39-32-38(35-45)33-40(34-39)37-53-43(48)27-28-44(50-30-23-17-14-11-8-5-2)51-31-24-18-15-12-9-6-3/h32-34,44-45H,4-31,35-37H2,1-3H3. The number of unbranched alkanes of at least 4 members (excludes halogenated alkanes) is 17. The van der Waals surface area contributed by atoms with Crippen LogP contribution in [0.2, 0.25) is 0 Å². The predicted octanol–water partition coefficient (Wildman–Crippen LogP) is 11.0. The van der Waals surface area contributed by atoms with E-state index in [1.807, 2.05) is 6.07 Å². The highest BCUT2D eigenvalue weighted by molar-refractivity contribution is 5.70. The van der Waals surface area contributed by atoms with Gasteiger partial charge < -0.3 is 28.8 Å². The van der Waals surface area contributed by atoms with Gasteiger partial charge in [-0.1, -0.05) is 136 Å². The van der Waals surface area contributed by atoms with Crippen molar-refractivity contribution < 1.29 is 43.2 Å². The van der Waals surface area contributed by atoms with E-state index < -0.39 is 6.29 Å². The molecule has 0 unspecified atom stereocenters. The van der Waals surface area contributed by atoms with E-state index in [1.54, 1.807) is 12.1 Å². The fourth-order valence-corrected chi connectivity index (χ4v) is 6.07. The summed E-state index contributed by atoms with van der Waals surface area (Å²) in [5, 5.41) is 9.80. The summed E-state index contributed by atoms with van der Waals surface area (Å²) in [6, 6.07) is 5.37. The van der Waals surface area contributed by atoms with Gasteiger partial charge >= 0.3 is 17.9 Å². The van der Waals surface area contributed by atoms with E-state index in [9.17, 15) is 19.5 Å². The van der Waals surface area contributed by atoms with Crippen LogP contribution >= 0.6 is 0 Å². The fraction of sp³-hybridized carbons (Fsp3) is 0.795. The summed E-state index contributed by atoms with van der Waals surface area (Å²) in [6.45, 7) is 8.25. The second-order valence-electron chi connectivity index (χ2n) is 14.4. The van der Waals surface area contributed by atoms with Crippen molar-refractivity contribution in [1.29, 1.82) is 0 Å². The summed E-state index contributed by atoms with van der Waals surface area (Å²) in [6.07, 6.45) is 24.2. The third-order valence-corrected chi connectivity index (χ3v) is 9.30. The third kappa shape index (κ3) is 29.5. The van der Waals surface area contributed by atoms with Crippen molar-refractivity contribution in [3.63, 3.8) is 0 Å². The van der Waals surface area contributed by atoms with Gasteiger partial charge in [0.15, 0.2) is 6.29 Å². The molecule has 1 rings (SSSR count). The Balaban J connectivity index is 2.41. The Morgan fingerprint density at radius 3 is 1.30 bits per heavy atom. The summed E-state index contributed by atoms with van der Waals surface area (Å²) in [5.74, 6) is -0.909. The first kappa shape index (κ1) is 48.5. The van der Waals surface area contributed by atoms with E-state index >= 15 is 0 Å². The molecule has 0 saturated heterocycles. The summed E-state index contributed by atoms with van der Waals surface area (Å²) in [4.78, 5) is 37.1. The molecule has 306 valence electrons. The van der Waals surface area contributed by atoms with Gasteiger partial charge in [-0.05, 0) is 54.9 Å². The number of carbonyl (C=O) groups is 3. The molecule has 1 N–H and O–H groups in total. The fourth-order valence-electron chi connectivity index (χ4n) is 6.07. The molecule has 0 saturated carbocycles. The van der Waals surface area contributed by atoms with E-state index in [0.29, 0.717) is 62.2 Å². The Hall–Kier alpha value is -2.49. The third-order valence-electron chi connectivity index (χ3n) is 9.30. The summed E-state index contributed by atoms with van der Waals surface area (Å²) in [5.41, 5.74) is 2.06. The number of carbonyl (C=O) groups excluding carboxylic acids is 3. The monoisotopic (exact) mass is 749 g/mol. The molecule has 0 atom stereocenters. The lowest BCUT2D eigenvalue weighted by atomic mass is 10.1. The van der Waals surface area contributed by atoms with Crippen LogP contribution in [-0.4, -0.2) is 49.1 Å². The maximum atomic E-state index is 12.7. The van der Waals surface area contributed by atoms with Gasteiger partial charge in [0.2, 0.25) is 0 Å². The molecule has 0 bridgehead atoms. The Labute approximate surface area is 322 Å². The highest BCUT2D eigenvalue weighted by atomic mass is 16.7. The van der Waals surface area contributed by atoms with Crippen molar-refractivity contribution in [3.8, 4) is 0 Å². The van der Waals surface area contributed by atoms with Crippen LogP contribution in [0.15, 0.2) is 18.2 Å². The number of aliphatic hydroxyl groups excluding tert-OH is 1. The molecule has 0 radical (unpaired) electrons. The van der Waals surface area contributed by atoms with E-state index in [-0.39, 0.29) is 50.6 Å². The van der Waals surface area contributed by atoms with Crippen molar-refractivity contribution >= 4 is 17.9 Å². The first-order chi connectivity index (χ1) is 25.9. The number of aliphatic hydroxyl groups is 1. The van der Waals surface area contributed by atoms with Crippen LogP contribution in [0.25, 0.3) is 0 Å². The zero-order valence-corrected chi connectivity index (χ0v) is 33.9. The zero-order valence-electron chi connectivity index (χ0n) is 33.9. The van der Waals surface area contributed by atoms with Crippen LogP contribution in [0.4, 0.5) is 0 Å². The molecule has 0 spiro atoms. The van der Waals surface area contributed by atoms with Gasteiger partial charge in [0.25, 0.3) is 0 Å². The van der Waals surface area contributed by atoms with Gasteiger partial charge in [0.1, 0.15) is 13.2 Å². The van der Waals surface area contributed by atoms with Crippen molar-refractivity contribution in [2.24, 2.45) is 0 Å². The molecule has 0 amide bonds. The Morgan fingerprint density at radius 2 is 0.849 bits per heavy atom. The van der Waals surface area contributed by atoms with Gasteiger partial charge in [0, 0.05) is 32.5 Å². The van der Waals surface area contributed by atoms with Gasteiger partial charge in [-0.25, -0.2) is 0 Å². The van der Waals surface area contributed by atoms with Crippen LogP contribution in [0.1, 0.15) is 198 Å². The zero-order chi connectivity index (χ0) is 38.6. The quantitative estimate of drug-likeness (QED) is 0.0307. The first-order valence-electron chi connectivity index (χ1n) is 21.3. The van der Waals surface area contributed by atoms with E-state index in [0.717, 1.165) is 38.5 Å². The molecular formula is C44H76O9. The van der Waals surface area contributed by atoms with Crippen LogP contribution in [-0.2, 0) is 57.9 Å². The minimum absolute atomic E-state index is 0.0433. The number of benzene rings is 1. The largest absolute Gasteiger partial charge is 0.466 e. The van der Waals surface area contributed by atoms with Crippen LogP contribution in [0.5, 0.6) is 0 Å². The van der Waals surface area contributed by atoms with Gasteiger partial charge in [-0.3, -0.25) is 14.4 Å². The van der Waals surface area contributed by atoms with Crippen LogP contribution in [0, 0.1) is 0 Å². The van der Waals surface area contributed by atoms with Crippen molar-refractivity contribution in [2.45, 2.75) is 207 Å². The molecule has 0 aromatic heterocycles. The summed E-state index contributed by atoms with van der Waals surface area (Å²) < 4.78 is 28.5. The molecule has 9 heteroatoms. The number of rotatable bonds is 37. The van der Waals surface area contributed by atoms with Crippen molar-refractivity contribution in [3.05, 3.63) is 34.9 Å². The van der Waals surface area contributed by atoms with Crippen LogP contribution < -0.4 is 0 Å². The van der Waals surface area contributed by atoms with E-state index in [2.05, 4.69) is 20.8 Å². The first-order valence-corrected chi connectivity index (χ1v) is 21.3. The molecule has 0 aliphatic rings. The Morgan fingerprint density at radius 1 is 0.472 bits per heavy atom. The Bertz CT molecular complexity index is 1030. The van der Waals surface area contributed by atoms with E-state index in [4.69, 9.17) is 23.7 Å². The average Bonchev–Trinajstić information content (AvgIpc) is 3.16. The predicted molar refractivity (Wildman–Crippen MR) is 211 cm³/mol. The van der Waals surface area contributed by atoms with Crippen molar-refractivity contribution in [1.82, 2.24) is 0 Å². The van der Waals surface area contributed by atoms with Gasteiger partial charge in [0.05, 0.1) is 19.6 Å². The molecule has 53 heavy (non-hydrogen) atoms. The maximum absolute atomic E-state index is 12.7. The van der Waals surface area contributed by atoms with Gasteiger partial charge in [-0.15, -0.1) is 0 Å². The molecule has 1 aromatic carbocycles. The maximum Gasteiger partial charge on any atom is 0.306 e. The molecular weight excluding hydrogens is 672 g/mol. The molecule has 0 aliphatic carbocycles. The second-order valence-corrected chi connectivity index (χ2v) is 14.4. The van der Waals surface area contributed by atoms with Crippen molar-refractivity contribution in [2.75, 3.05) is 19.8 Å². The number of esters is 3. The van der Waals surface area contributed by atoms with E-state index in [1.165, 1.54) is 83.5 Å². The minimum Gasteiger partial charge on any atom is -0.466 e. The molecule has 1 aromatic rings. The smallest absolute Gasteiger partial charge is 0.306 e. The normalized spacial score (nSPS) is 11.3. The highest BCUT2D eigenvalue weighted by Crippen LogP contribution is 2.16. The molecule has 0 fully saturated rings. The average molecular weight is 749 g/mol. The summed E-state index contributed by atoms with van der Waals surface area (Å²) in [7, 11) is 0. The second kappa shape index (κ2) is 35.2. The molecule has 0 aliphatic heterocycles. The number of hydrogen-bond donors (Lipinski definition) is 1.